The number of anilines is 1. The van der Waals surface area contributed by atoms with Crippen molar-refractivity contribution in [2.45, 2.75) is 6.10 Å². The zero-order chi connectivity index (χ0) is 15.5. The van der Waals surface area contributed by atoms with E-state index in [2.05, 4.69) is 14.8 Å². The number of β-amino-alcohol motifs (C(OH)–C–C–N with tert-alkyl or cyclic N) is 1. The van der Waals surface area contributed by atoms with Crippen LogP contribution in [0.4, 0.5) is 13.9 Å². The highest BCUT2D eigenvalue weighted by Crippen LogP contribution is 2.22. The minimum atomic E-state index is -0.952. The highest BCUT2D eigenvalue weighted by atomic mass is 32.1. The van der Waals surface area contributed by atoms with E-state index in [0.29, 0.717) is 6.54 Å². The molecule has 3 rings (SSSR count). The predicted molar refractivity (Wildman–Crippen MR) is 82.1 cm³/mol. The number of nitrogens with zero attached hydrogens (tertiary/aromatic N) is 3. The topological polar surface area (TPSA) is 39.6 Å². The van der Waals surface area contributed by atoms with Crippen LogP contribution in [0.3, 0.4) is 0 Å². The number of hydrogen-bond acceptors (Lipinski definition) is 5. The molecule has 2 aromatic rings. The molecule has 0 unspecified atom stereocenters. The van der Waals surface area contributed by atoms with Gasteiger partial charge < -0.3 is 10.0 Å². The highest BCUT2D eigenvalue weighted by molar-refractivity contribution is 7.13. The summed E-state index contributed by atoms with van der Waals surface area (Å²) in [4.78, 5) is 8.57. The number of piperazine rings is 1. The fourth-order valence-electron chi connectivity index (χ4n) is 2.61. The number of aromatic nitrogens is 1. The van der Waals surface area contributed by atoms with Crippen LogP contribution in [0.5, 0.6) is 0 Å². The van der Waals surface area contributed by atoms with Gasteiger partial charge in [0, 0.05) is 55.9 Å². The van der Waals surface area contributed by atoms with Gasteiger partial charge in [-0.15, -0.1) is 11.3 Å². The van der Waals surface area contributed by atoms with Gasteiger partial charge in [0.2, 0.25) is 0 Å². The zero-order valence-corrected chi connectivity index (χ0v) is 12.8. The molecule has 4 nitrogen and oxygen atoms in total. The van der Waals surface area contributed by atoms with Crippen LogP contribution in [0, 0.1) is 11.6 Å². The molecule has 22 heavy (non-hydrogen) atoms. The fraction of sp³-hybridized carbons (Fsp3) is 0.400. The van der Waals surface area contributed by atoms with Crippen LogP contribution in [-0.2, 0) is 0 Å². The lowest BCUT2D eigenvalue weighted by Crippen LogP contribution is -2.47. The zero-order valence-electron chi connectivity index (χ0n) is 12.0. The smallest absolute Gasteiger partial charge is 0.185 e. The number of benzene rings is 1. The molecule has 1 aromatic carbocycles. The molecule has 0 bridgehead atoms. The van der Waals surface area contributed by atoms with Crippen LogP contribution in [0.15, 0.2) is 29.8 Å². The molecule has 1 saturated heterocycles. The molecule has 0 spiro atoms. The molecule has 0 amide bonds. The average molecular weight is 325 g/mol. The molecule has 2 heterocycles. The third-order valence-corrected chi connectivity index (χ3v) is 4.65. The fourth-order valence-corrected chi connectivity index (χ4v) is 3.31. The Bertz CT molecular complexity index is 615. The summed E-state index contributed by atoms with van der Waals surface area (Å²) in [6, 6.07) is 3.28. The molecule has 1 aliphatic rings. The molecule has 0 saturated carbocycles. The van der Waals surface area contributed by atoms with Gasteiger partial charge in [-0.1, -0.05) is 6.07 Å². The van der Waals surface area contributed by atoms with Crippen LogP contribution in [0.1, 0.15) is 11.7 Å². The lowest BCUT2D eigenvalue weighted by molar-refractivity contribution is 0.106. The summed E-state index contributed by atoms with van der Waals surface area (Å²) in [5.74, 6) is -1.33. The van der Waals surface area contributed by atoms with Gasteiger partial charge in [-0.05, 0) is 6.07 Å². The monoisotopic (exact) mass is 325 g/mol. The van der Waals surface area contributed by atoms with E-state index in [0.717, 1.165) is 37.4 Å². The maximum Gasteiger partial charge on any atom is 0.185 e. The lowest BCUT2D eigenvalue weighted by Gasteiger charge is -2.35. The van der Waals surface area contributed by atoms with Crippen molar-refractivity contribution in [3.8, 4) is 0 Å². The van der Waals surface area contributed by atoms with Crippen molar-refractivity contribution in [3.63, 3.8) is 0 Å². The predicted octanol–water partition coefficient (Wildman–Crippen LogP) is 2.28. The van der Waals surface area contributed by atoms with Crippen LogP contribution in [0.2, 0.25) is 0 Å². The molecule has 0 aliphatic carbocycles. The summed E-state index contributed by atoms with van der Waals surface area (Å²) in [6.45, 7) is 3.55. The second-order valence-corrected chi connectivity index (χ2v) is 6.16. The van der Waals surface area contributed by atoms with Crippen molar-refractivity contribution in [1.29, 1.82) is 0 Å². The Morgan fingerprint density at radius 3 is 2.64 bits per heavy atom. The number of aliphatic hydroxyl groups is 1. The largest absolute Gasteiger partial charge is 0.387 e. The Kier molecular flexibility index (Phi) is 4.66. The minimum Gasteiger partial charge on any atom is -0.387 e. The molecular formula is C15H17F2N3OS. The maximum atomic E-state index is 13.7. The number of halogens is 2. The summed E-state index contributed by atoms with van der Waals surface area (Å²) < 4.78 is 26.6. The second kappa shape index (κ2) is 6.68. The van der Waals surface area contributed by atoms with Gasteiger partial charge in [0.05, 0.1) is 6.10 Å². The molecular weight excluding hydrogens is 308 g/mol. The summed E-state index contributed by atoms with van der Waals surface area (Å²) in [5, 5.41) is 13.1. The summed E-state index contributed by atoms with van der Waals surface area (Å²) in [7, 11) is 0. The normalized spacial score (nSPS) is 17.7. The summed E-state index contributed by atoms with van der Waals surface area (Å²) in [6.07, 6.45) is 0.833. The molecule has 7 heteroatoms. The standard InChI is InChI=1S/C15H17F2N3OS/c16-11-1-2-12(13(17)9-11)14(21)10-19-4-6-20(7-5-19)15-18-3-8-22-15/h1-3,8-9,14,21H,4-7,10H2/t14-/m1/s1. The van der Waals surface area contributed by atoms with Gasteiger partial charge in [-0.2, -0.15) is 0 Å². The van der Waals surface area contributed by atoms with E-state index in [1.165, 1.54) is 12.1 Å². The molecule has 118 valence electrons. The first kappa shape index (κ1) is 15.3. The molecule has 1 N–H and O–H groups in total. The number of thiazole rings is 1. The van der Waals surface area contributed by atoms with Crippen molar-refractivity contribution in [3.05, 3.63) is 47.0 Å². The van der Waals surface area contributed by atoms with Gasteiger partial charge >= 0.3 is 0 Å². The van der Waals surface area contributed by atoms with Crippen molar-refractivity contribution in [2.75, 3.05) is 37.6 Å². The summed E-state index contributed by atoms with van der Waals surface area (Å²) in [5.41, 5.74) is 0.142. The van der Waals surface area contributed by atoms with Crippen LogP contribution >= 0.6 is 11.3 Å². The summed E-state index contributed by atoms with van der Waals surface area (Å²) >= 11 is 1.61. The van der Waals surface area contributed by atoms with Crippen LogP contribution in [-0.4, -0.2) is 47.7 Å². The van der Waals surface area contributed by atoms with E-state index in [9.17, 15) is 13.9 Å². The van der Waals surface area contributed by atoms with Crippen LogP contribution in [0.25, 0.3) is 0 Å². The minimum absolute atomic E-state index is 0.142. The van der Waals surface area contributed by atoms with Crippen molar-refractivity contribution in [2.24, 2.45) is 0 Å². The quantitative estimate of drug-likeness (QED) is 0.936. The van der Waals surface area contributed by atoms with Crippen molar-refractivity contribution in [1.82, 2.24) is 9.88 Å². The van der Waals surface area contributed by atoms with E-state index in [4.69, 9.17) is 0 Å². The number of rotatable bonds is 4. The van der Waals surface area contributed by atoms with Gasteiger partial charge in [0.1, 0.15) is 11.6 Å². The Hall–Kier alpha value is -1.57. The van der Waals surface area contributed by atoms with E-state index >= 15 is 0 Å². The Morgan fingerprint density at radius 2 is 2.00 bits per heavy atom. The van der Waals surface area contributed by atoms with E-state index in [1.54, 1.807) is 17.5 Å². The van der Waals surface area contributed by atoms with E-state index in [-0.39, 0.29) is 5.56 Å². The average Bonchev–Trinajstić information content (AvgIpc) is 3.02. The first-order chi connectivity index (χ1) is 10.6. The molecule has 1 aliphatic heterocycles. The highest BCUT2D eigenvalue weighted by Gasteiger charge is 2.22. The van der Waals surface area contributed by atoms with E-state index < -0.39 is 17.7 Å². The Labute approximate surface area is 131 Å². The third kappa shape index (κ3) is 3.43. The van der Waals surface area contributed by atoms with Crippen molar-refractivity contribution < 1.29 is 13.9 Å². The molecule has 1 aromatic heterocycles. The Balaban J connectivity index is 1.56. The van der Waals surface area contributed by atoms with Gasteiger partial charge in [0.25, 0.3) is 0 Å². The molecule has 1 atom stereocenters. The van der Waals surface area contributed by atoms with Gasteiger partial charge in [-0.3, -0.25) is 4.90 Å². The van der Waals surface area contributed by atoms with Crippen molar-refractivity contribution >= 4 is 16.5 Å². The first-order valence-electron chi connectivity index (χ1n) is 7.13. The number of hydrogen-bond donors (Lipinski definition) is 1. The molecule has 0 radical (unpaired) electrons. The van der Waals surface area contributed by atoms with E-state index in [1.807, 2.05) is 5.38 Å². The maximum absolute atomic E-state index is 13.7. The van der Waals surface area contributed by atoms with Crippen LogP contribution < -0.4 is 4.90 Å². The third-order valence-electron chi connectivity index (χ3n) is 3.81. The SMILES string of the molecule is O[C@H](CN1CCN(c2nccs2)CC1)c1ccc(F)cc1F. The Morgan fingerprint density at radius 1 is 1.23 bits per heavy atom. The molecule has 1 fully saturated rings. The van der Waals surface area contributed by atoms with Gasteiger partial charge in [-0.25, -0.2) is 13.8 Å². The van der Waals surface area contributed by atoms with Gasteiger partial charge in [0.15, 0.2) is 5.13 Å². The lowest BCUT2D eigenvalue weighted by atomic mass is 10.1. The first-order valence-corrected chi connectivity index (χ1v) is 8.01. The number of aliphatic hydroxyl groups excluding tert-OH is 1. The second-order valence-electron chi connectivity index (χ2n) is 5.28.